The highest BCUT2D eigenvalue weighted by Crippen LogP contribution is 2.37. The molecule has 0 fully saturated rings. The Kier molecular flexibility index (Phi) is 7.40. The lowest BCUT2D eigenvalue weighted by atomic mass is 10.2. The van der Waals surface area contributed by atoms with E-state index >= 15 is 0 Å². The summed E-state index contributed by atoms with van der Waals surface area (Å²) in [5.41, 5.74) is 1.28. The number of halogens is 2. The number of hydrogen-bond donors (Lipinski definition) is 0. The van der Waals surface area contributed by atoms with Crippen LogP contribution in [0.2, 0.25) is 5.02 Å². The summed E-state index contributed by atoms with van der Waals surface area (Å²) in [4.78, 5) is 30.0. The van der Waals surface area contributed by atoms with Gasteiger partial charge in [-0.05, 0) is 61.0 Å². The third kappa shape index (κ3) is 5.25. The minimum absolute atomic E-state index is 0.174. The van der Waals surface area contributed by atoms with Gasteiger partial charge in [0.15, 0.2) is 23.4 Å². The van der Waals surface area contributed by atoms with Crippen molar-refractivity contribution in [3.63, 3.8) is 0 Å². The maximum Gasteiger partial charge on any atom is 0.346 e. The third-order valence-corrected chi connectivity index (χ3v) is 6.63. The van der Waals surface area contributed by atoms with Gasteiger partial charge in [-0.3, -0.25) is 4.79 Å². The second kappa shape index (κ2) is 10.9. The smallest absolute Gasteiger partial charge is 0.346 e. The van der Waals surface area contributed by atoms with Crippen LogP contribution in [0.15, 0.2) is 79.4 Å². The van der Waals surface area contributed by atoms with Gasteiger partial charge in [0.05, 0.1) is 36.4 Å². The summed E-state index contributed by atoms with van der Waals surface area (Å²) in [6, 6.07) is 17.6. The molecule has 0 spiro atoms. The molecule has 0 saturated carbocycles. The molecule has 9 nitrogen and oxygen atoms in total. The van der Waals surface area contributed by atoms with Gasteiger partial charge in [-0.2, -0.15) is 9.78 Å². The van der Waals surface area contributed by atoms with E-state index in [1.54, 1.807) is 42.5 Å². The number of fused-ring (bicyclic) bond motifs is 2. The van der Waals surface area contributed by atoms with Crippen molar-refractivity contribution in [3.8, 4) is 23.1 Å². The number of esters is 1. The zero-order valence-corrected chi connectivity index (χ0v) is 23.3. The van der Waals surface area contributed by atoms with Gasteiger partial charge in [0.25, 0.3) is 5.56 Å². The Morgan fingerprint density at radius 1 is 1.15 bits per heavy atom. The number of methoxy groups -OCH3 is 2. The van der Waals surface area contributed by atoms with Gasteiger partial charge in [0, 0.05) is 9.86 Å². The highest BCUT2D eigenvalue weighted by atomic mass is 79.9. The number of nitrogens with zero attached hydrogens (tertiary/aromatic N) is 3. The number of furan rings is 1. The van der Waals surface area contributed by atoms with E-state index in [1.807, 2.05) is 18.2 Å². The summed E-state index contributed by atoms with van der Waals surface area (Å²) in [5.74, 6) is 0.485. The number of hydrogen-bond acceptors (Lipinski definition) is 8. The van der Waals surface area contributed by atoms with Crippen LogP contribution in [-0.2, 0) is 9.53 Å². The zero-order valence-electron chi connectivity index (χ0n) is 21.0. The molecule has 5 aromatic rings. The molecule has 0 aliphatic heterocycles. The van der Waals surface area contributed by atoms with Crippen LogP contribution in [0.25, 0.3) is 33.5 Å². The number of carbonyl (C=O) groups excluding carboxylic acids is 1. The molecule has 11 heteroatoms. The minimum Gasteiger partial charge on any atom is -0.493 e. The summed E-state index contributed by atoms with van der Waals surface area (Å²) in [6.07, 6.45) is 0.540. The number of aromatic nitrogens is 2. The second-order valence-corrected chi connectivity index (χ2v) is 9.75. The Balaban J connectivity index is 1.61. The fraction of sp³-hybridized carbons (Fsp3) is 0.143. The van der Waals surface area contributed by atoms with Gasteiger partial charge < -0.3 is 18.6 Å². The monoisotopic (exact) mass is 609 g/mol. The Hall–Kier alpha value is -4.15. The molecule has 39 heavy (non-hydrogen) atoms. The molecule has 0 aliphatic rings. The van der Waals surface area contributed by atoms with Crippen molar-refractivity contribution in [3.05, 3.63) is 86.1 Å². The molecule has 0 amide bonds. The van der Waals surface area contributed by atoms with Crippen molar-refractivity contribution in [2.45, 2.75) is 13.0 Å². The quantitative estimate of drug-likeness (QED) is 0.163. The van der Waals surface area contributed by atoms with Crippen molar-refractivity contribution in [2.75, 3.05) is 14.2 Å². The van der Waals surface area contributed by atoms with Crippen LogP contribution < -0.4 is 15.0 Å². The van der Waals surface area contributed by atoms with E-state index in [9.17, 15) is 9.59 Å². The minimum atomic E-state index is -0.907. The predicted octanol–water partition coefficient (Wildman–Crippen LogP) is 6.06. The number of ether oxygens (including phenoxy) is 3. The van der Waals surface area contributed by atoms with Gasteiger partial charge >= 0.3 is 5.97 Å². The number of benzene rings is 3. The fourth-order valence-corrected chi connectivity index (χ4v) is 4.60. The molecule has 0 unspecified atom stereocenters. The highest BCUT2D eigenvalue weighted by Gasteiger charge is 2.21. The van der Waals surface area contributed by atoms with Gasteiger partial charge in [-0.15, -0.1) is 0 Å². The van der Waals surface area contributed by atoms with Crippen molar-refractivity contribution >= 4 is 61.6 Å². The van der Waals surface area contributed by atoms with Crippen LogP contribution in [-0.4, -0.2) is 42.2 Å². The largest absolute Gasteiger partial charge is 0.493 e. The zero-order chi connectivity index (χ0) is 27.7. The summed E-state index contributed by atoms with van der Waals surface area (Å²) < 4.78 is 23.9. The SMILES string of the molecule is COC(=O)[C@@H](C)Oc1c(Cl)cc(C=Nn2c(-c3cc4cc(Br)ccc4o3)nc3ccccc3c2=O)cc1OC. The Bertz CT molecular complexity index is 1810. The first-order valence-corrected chi connectivity index (χ1v) is 12.8. The maximum atomic E-state index is 13.5. The normalized spacial score (nSPS) is 12.2. The van der Waals surface area contributed by atoms with Crippen molar-refractivity contribution < 1.29 is 23.4 Å². The summed E-state index contributed by atoms with van der Waals surface area (Å²) in [6.45, 7) is 1.54. The van der Waals surface area contributed by atoms with Crippen molar-refractivity contribution in [1.82, 2.24) is 9.66 Å². The molecule has 0 aliphatic carbocycles. The molecule has 5 rings (SSSR count). The summed E-state index contributed by atoms with van der Waals surface area (Å²) in [7, 11) is 2.71. The lowest BCUT2D eigenvalue weighted by Gasteiger charge is -2.16. The van der Waals surface area contributed by atoms with Gasteiger partial charge in [-0.1, -0.05) is 39.7 Å². The molecule has 0 saturated heterocycles. The molecular formula is C28H21BrClN3O6. The lowest BCUT2D eigenvalue weighted by molar-refractivity contribution is -0.147. The van der Waals surface area contributed by atoms with Crippen molar-refractivity contribution in [2.24, 2.45) is 5.10 Å². The first kappa shape index (κ1) is 26.5. The molecule has 2 heterocycles. The van der Waals surface area contributed by atoms with Crippen LogP contribution in [0.3, 0.4) is 0 Å². The van der Waals surface area contributed by atoms with E-state index < -0.39 is 12.1 Å². The van der Waals surface area contributed by atoms with E-state index in [0.29, 0.717) is 27.8 Å². The van der Waals surface area contributed by atoms with E-state index in [4.69, 9.17) is 30.2 Å². The average molecular weight is 611 g/mol. The van der Waals surface area contributed by atoms with Crippen LogP contribution in [0.5, 0.6) is 11.5 Å². The molecule has 0 N–H and O–H groups in total. The topological polar surface area (TPSA) is 105 Å². The maximum absolute atomic E-state index is 13.5. The van der Waals surface area contributed by atoms with Crippen LogP contribution in [0.1, 0.15) is 12.5 Å². The van der Waals surface area contributed by atoms with Gasteiger partial charge in [-0.25, -0.2) is 9.78 Å². The van der Waals surface area contributed by atoms with Gasteiger partial charge in [0.2, 0.25) is 5.82 Å². The van der Waals surface area contributed by atoms with Crippen LogP contribution in [0, 0.1) is 0 Å². The van der Waals surface area contributed by atoms with Crippen LogP contribution in [0.4, 0.5) is 0 Å². The Morgan fingerprint density at radius 3 is 2.72 bits per heavy atom. The molecule has 0 radical (unpaired) electrons. The second-order valence-electron chi connectivity index (χ2n) is 8.42. The number of para-hydroxylation sites is 1. The molecular weight excluding hydrogens is 590 g/mol. The number of rotatable bonds is 7. The Morgan fingerprint density at radius 2 is 1.95 bits per heavy atom. The highest BCUT2D eigenvalue weighted by molar-refractivity contribution is 9.10. The standard InChI is InChI=1S/C28H21BrClN3O6/c1-15(28(35)37-3)38-25-20(30)10-16(11-23(25)36-2)14-31-33-26(32-21-7-5-4-6-19(21)27(33)34)24-13-17-12-18(29)8-9-22(17)39-24/h4-15H,1-3H3/t15-/m1/s1. The van der Waals surface area contributed by atoms with E-state index in [-0.39, 0.29) is 27.9 Å². The summed E-state index contributed by atoms with van der Waals surface area (Å²) >= 11 is 9.93. The molecule has 0 bridgehead atoms. The van der Waals surface area contributed by atoms with Gasteiger partial charge in [0.1, 0.15) is 5.58 Å². The molecule has 3 aromatic carbocycles. The number of carbonyl (C=O) groups is 1. The predicted molar refractivity (Wildman–Crippen MR) is 152 cm³/mol. The lowest BCUT2D eigenvalue weighted by Crippen LogP contribution is -2.25. The first-order chi connectivity index (χ1) is 18.8. The van der Waals surface area contributed by atoms with E-state index in [0.717, 1.165) is 9.86 Å². The Labute approximate surface area is 235 Å². The first-order valence-electron chi connectivity index (χ1n) is 11.7. The van der Waals surface area contributed by atoms with E-state index in [2.05, 4.69) is 26.0 Å². The van der Waals surface area contributed by atoms with Crippen LogP contribution >= 0.6 is 27.5 Å². The molecule has 1 atom stereocenters. The molecule has 198 valence electrons. The fourth-order valence-electron chi connectivity index (χ4n) is 3.96. The summed E-state index contributed by atoms with van der Waals surface area (Å²) in [5, 5.41) is 5.87. The average Bonchev–Trinajstić information content (AvgIpc) is 3.36. The molecule has 2 aromatic heterocycles. The third-order valence-electron chi connectivity index (χ3n) is 5.85. The van der Waals surface area contributed by atoms with Crippen molar-refractivity contribution in [1.29, 1.82) is 0 Å². The van der Waals surface area contributed by atoms with E-state index in [1.165, 1.54) is 32.0 Å².